The average molecular weight is 257 g/mol. The number of ether oxygens (including phenoxy) is 1. The third-order valence-electron chi connectivity index (χ3n) is 2.96. The number of hydrogen-bond acceptors (Lipinski definition) is 3. The van der Waals surface area contributed by atoms with Gasteiger partial charge in [0.25, 0.3) is 0 Å². The Bertz CT molecular complexity index is 521. The maximum absolute atomic E-state index is 8.88. The van der Waals surface area contributed by atoms with Crippen LogP contribution in [0, 0.1) is 0 Å². The molecular formula is C16H19NO2. The molecular weight excluding hydrogens is 238 g/mol. The molecule has 3 N–H and O–H groups in total. The fraction of sp³-hybridized carbons (Fsp3) is 0.250. The van der Waals surface area contributed by atoms with Crippen molar-refractivity contribution >= 4 is 0 Å². The van der Waals surface area contributed by atoms with Gasteiger partial charge < -0.3 is 15.6 Å². The minimum atomic E-state index is -0.0649. The van der Waals surface area contributed by atoms with E-state index in [-0.39, 0.29) is 12.6 Å². The monoisotopic (exact) mass is 257 g/mol. The summed E-state index contributed by atoms with van der Waals surface area (Å²) >= 11 is 0. The lowest BCUT2D eigenvalue weighted by Crippen LogP contribution is -2.06. The second-order valence-electron chi connectivity index (χ2n) is 4.55. The van der Waals surface area contributed by atoms with Gasteiger partial charge in [-0.2, -0.15) is 0 Å². The Morgan fingerprint density at radius 3 is 2.42 bits per heavy atom. The number of nitrogens with two attached hydrogens (primary N) is 1. The summed E-state index contributed by atoms with van der Waals surface area (Å²) in [5.41, 5.74) is 8.00. The quantitative estimate of drug-likeness (QED) is 0.865. The van der Waals surface area contributed by atoms with E-state index in [0.717, 1.165) is 22.6 Å². The molecule has 0 amide bonds. The number of aliphatic hydroxyl groups excluding tert-OH is 1. The topological polar surface area (TPSA) is 55.5 Å². The highest BCUT2D eigenvalue weighted by Gasteiger charge is 2.07. The molecule has 0 saturated carbocycles. The van der Waals surface area contributed by atoms with Crippen LogP contribution < -0.4 is 10.5 Å². The Kier molecular flexibility index (Phi) is 4.55. The summed E-state index contributed by atoms with van der Waals surface area (Å²) in [5.74, 6) is 1.56. The third-order valence-corrected chi connectivity index (χ3v) is 2.96. The molecule has 0 aliphatic carbocycles. The zero-order valence-corrected chi connectivity index (χ0v) is 11.0. The van der Waals surface area contributed by atoms with Crippen molar-refractivity contribution in [3.63, 3.8) is 0 Å². The number of rotatable bonds is 5. The van der Waals surface area contributed by atoms with Crippen molar-refractivity contribution in [3.05, 3.63) is 59.7 Å². The maximum atomic E-state index is 8.88. The van der Waals surface area contributed by atoms with E-state index in [2.05, 4.69) is 0 Å². The number of aliphatic hydroxyl groups is 1. The number of benzene rings is 2. The van der Waals surface area contributed by atoms with E-state index in [1.165, 1.54) is 0 Å². The van der Waals surface area contributed by atoms with Crippen LogP contribution in [0.2, 0.25) is 0 Å². The van der Waals surface area contributed by atoms with Crippen molar-refractivity contribution in [2.75, 3.05) is 6.61 Å². The highest BCUT2D eigenvalue weighted by atomic mass is 16.5. The maximum Gasteiger partial charge on any atom is 0.132 e. The molecule has 0 bridgehead atoms. The molecule has 0 spiro atoms. The van der Waals surface area contributed by atoms with Crippen molar-refractivity contribution < 1.29 is 9.84 Å². The zero-order chi connectivity index (χ0) is 13.7. The van der Waals surface area contributed by atoms with Crippen LogP contribution in [0.25, 0.3) is 0 Å². The van der Waals surface area contributed by atoms with Crippen LogP contribution in [-0.2, 0) is 6.42 Å². The molecule has 0 unspecified atom stereocenters. The van der Waals surface area contributed by atoms with Gasteiger partial charge in [0.2, 0.25) is 0 Å². The van der Waals surface area contributed by atoms with Gasteiger partial charge in [0.05, 0.1) is 0 Å². The van der Waals surface area contributed by atoms with Gasteiger partial charge in [0.15, 0.2) is 0 Å². The van der Waals surface area contributed by atoms with Crippen LogP contribution in [0.3, 0.4) is 0 Å². The van der Waals surface area contributed by atoms with Crippen LogP contribution in [0.4, 0.5) is 0 Å². The van der Waals surface area contributed by atoms with Crippen molar-refractivity contribution in [3.8, 4) is 11.5 Å². The van der Waals surface area contributed by atoms with Gasteiger partial charge in [0, 0.05) is 18.2 Å². The summed E-state index contributed by atoms with van der Waals surface area (Å²) in [7, 11) is 0. The highest BCUT2D eigenvalue weighted by Crippen LogP contribution is 2.28. The predicted octanol–water partition coefficient (Wildman–Crippen LogP) is 3.03. The smallest absolute Gasteiger partial charge is 0.132 e. The Labute approximate surface area is 113 Å². The van der Waals surface area contributed by atoms with Gasteiger partial charge in [-0.1, -0.05) is 30.3 Å². The van der Waals surface area contributed by atoms with E-state index in [1.807, 2.05) is 55.5 Å². The van der Waals surface area contributed by atoms with E-state index < -0.39 is 0 Å². The normalized spacial score (nSPS) is 12.2. The molecule has 100 valence electrons. The lowest BCUT2D eigenvalue weighted by Gasteiger charge is -2.13. The Balaban J connectivity index is 2.17. The lowest BCUT2D eigenvalue weighted by atomic mass is 10.1. The van der Waals surface area contributed by atoms with E-state index >= 15 is 0 Å². The summed E-state index contributed by atoms with van der Waals surface area (Å²) in [6, 6.07) is 15.4. The first-order valence-corrected chi connectivity index (χ1v) is 6.43. The third kappa shape index (κ3) is 3.56. The van der Waals surface area contributed by atoms with Crippen LogP contribution in [-0.4, -0.2) is 11.7 Å². The van der Waals surface area contributed by atoms with Gasteiger partial charge in [0.1, 0.15) is 11.5 Å². The second-order valence-corrected chi connectivity index (χ2v) is 4.55. The van der Waals surface area contributed by atoms with Crippen molar-refractivity contribution in [2.24, 2.45) is 5.73 Å². The van der Waals surface area contributed by atoms with Crippen molar-refractivity contribution in [1.29, 1.82) is 0 Å². The molecule has 3 heteroatoms. The molecule has 19 heavy (non-hydrogen) atoms. The second kappa shape index (κ2) is 6.36. The minimum absolute atomic E-state index is 0.0649. The molecule has 2 aromatic carbocycles. The Morgan fingerprint density at radius 2 is 1.79 bits per heavy atom. The predicted molar refractivity (Wildman–Crippen MR) is 76.4 cm³/mol. The standard InChI is InChI=1S/C16H19NO2/c1-12(17)15-4-2-3-5-16(15)19-14-8-6-13(7-9-14)10-11-18/h2-9,12,18H,10-11,17H2,1H3/t12-/m1/s1. The zero-order valence-electron chi connectivity index (χ0n) is 11.0. The van der Waals surface area contributed by atoms with Crippen LogP contribution in [0.15, 0.2) is 48.5 Å². The molecule has 0 aromatic heterocycles. The highest BCUT2D eigenvalue weighted by molar-refractivity contribution is 5.39. The fourth-order valence-electron chi connectivity index (χ4n) is 1.93. The molecule has 2 rings (SSSR count). The molecule has 1 atom stereocenters. The first-order chi connectivity index (χ1) is 9.20. The Hall–Kier alpha value is -1.84. The summed E-state index contributed by atoms with van der Waals surface area (Å²) in [4.78, 5) is 0. The average Bonchev–Trinajstić information content (AvgIpc) is 2.42. The van der Waals surface area contributed by atoms with E-state index in [4.69, 9.17) is 15.6 Å². The SMILES string of the molecule is C[C@@H](N)c1ccccc1Oc1ccc(CCO)cc1. The first-order valence-electron chi connectivity index (χ1n) is 6.43. The lowest BCUT2D eigenvalue weighted by molar-refractivity contribution is 0.299. The van der Waals surface area contributed by atoms with Crippen molar-refractivity contribution in [1.82, 2.24) is 0 Å². The van der Waals surface area contributed by atoms with E-state index in [1.54, 1.807) is 0 Å². The van der Waals surface area contributed by atoms with Gasteiger partial charge in [-0.05, 0) is 37.1 Å². The van der Waals surface area contributed by atoms with Gasteiger partial charge >= 0.3 is 0 Å². The van der Waals surface area contributed by atoms with Crippen molar-refractivity contribution in [2.45, 2.75) is 19.4 Å². The molecule has 3 nitrogen and oxygen atoms in total. The number of hydrogen-bond donors (Lipinski definition) is 2. The van der Waals surface area contributed by atoms with E-state index in [0.29, 0.717) is 6.42 Å². The molecule has 0 aliphatic heterocycles. The molecule has 0 aliphatic rings. The number of para-hydroxylation sites is 1. The van der Waals surface area contributed by atoms with Crippen LogP contribution in [0.5, 0.6) is 11.5 Å². The van der Waals surface area contributed by atoms with Crippen LogP contribution >= 0.6 is 0 Å². The summed E-state index contributed by atoms with van der Waals surface area (Å²) in [5, 5.41) is 8.88. The fourth-order valence-corrected chi connectivity index (χ4v) is 1.93. The molecule has 0 radical (unpaired) electrons. The summed E-state index contributed by atoms with van der Waals surface area (Å²) in [6.45, 7) is 2.10. The van der Waals surface area contributed by atoms with Gasteiger partial charge in [-0.3, -0.25) is 0 Å². The molecule has 0 fully saturated rings. The van der Waals surface area contributed by atoms with Gasteiger partial charge in [-0.25, -0.2) is 0 Å². The van der Waals surface area contributed by atoms with E-state index in [9.17, 15) is 0 Å². The Morgan fingerprint density at radius 1 is 1.11 bits per heavy atom. The first kappa shape index (κ1) is 13.6. The molecule has 0 saturated heterocycles. The minimum Gasteiger partial charge on any atom is -0.457 e. The van der Waals surface area contributed by atoms with Crippen LogP contribution in [0.1, 0.15) is 24.1 Å². The summed E-state index contributed by atoms with van der Waals surface area (Å²) < 4.78 is 5.86. The largest absolute Gasteiger partial charge is 0.457 e. The summed E-state index contributed by atoms with van der Waals surface area (Å²) in [6.07, 6.45) is 0.663. The van der Waals surface area contributed by atoms with Gasteiger partial charge in [-0.15, -0.1) is 0 Å². The molecule has 2 aromatic rings. The molecule has 0 heterocycles.